The first-order valence-electron chi connectivity index (χ1n) is 7.28. The molecule has 0 saturated carbocycles. The third kappa shape index (κ3) is 5.17. The summed E-state index contributed by atoms with van der Waals surface area (Å²) in [5.74, 6) is 1.76. The maximum absolute atomic E-state index is 5.80. The van der Waals surface area contributed by atoms with Gasteiger partial charge in [0, 0.05) is 29.8 Å². The van der Waals surface area contributed by atoms with Crippen molar-refractivity contribution in [1.82, 2.24) is 5.32 Å². The molecule has 0 aliphatic carbocycles. The van der Waals surface area contributed by atoms with E-state index in [1.807, 2.05) is 11.8 Å². The normalized spacial score (nSPS) is 23.7. The summed E-state index contributed by atoms with van der Waals surface area (Å²) in [6.07, 6.45) is 2.75. The van der Waals surface area contributed by atoms with Gasteiger partial charge in [-0.15, -0.1) is 11.8 Å². The SMILES string of the molecule is CC(C)C1CC(NCCSc2ccccc2)CCO1. The van der Waals surface area contributed by atoms with Gasteiger partial charge in [0.25, 0.3) is 0 Å². The fourth-order valence-corrected chi connectivity index (χ4v) is 3.23. The largest absolute Gasteiger partial charge is 0.378 e. The molecule has 0 radical (unpaired) electrons. The number of thioether (sulfide) groups is 1. The van der Waals surface area contributed by atoms with Crippen LogP contribution < -0.4 is 5.32 Å². The van der Waals surface area contributed by atoms with Crippen LogP contribution in [0.15, 0.2) is 35.2 Å². The van der Waals surface area contributed by atoms with E-state index < -0.39 is 0 Å². The smallest absolute Gasteiger partial charge is 0.0612 e. The quantitative estimate of drug-likeness (QED) is 0.635. The number of nitrogens with one attached hydrogen (secondary N) is 1. The van der Waals surface area contributed by atoms with Crippen LogP contribution in [-0.4, -0.2) is 31.1 Å². The van der Waals surface area contributed by atoms with Gasteiger partial charge in [-0.05, 0) is 30.9 Å². The Balaban J connectivity index is 1.63. The summed E-state index contributed by atoms with van der Waals surface area (Å²) in [4.78, 5) is 1.36. The Morgan fingerprint density at radius 3 is 2.84 bits per heavy atom. The lowest BCUT2D eigenvalue weighted by atomic mass is 9.95. The molecular weight excluding hydrogens is 254 g/mol. The number of rotatable bonds is 6. The predicted molar refractivity (Wildman–Crippen MR) is 82.8 cm³/mol. The van der Waals surface area contributed by atoms with Crippen molar-refractivity contribution in [2.75, 3.05) is 18.9 Å². The standard InChI is InChI=1S/C16H25NOS/c1-13(2)16-12-14(8-10-18-16)17-9-11-19-15-6-4-3-5-7-15/h3-7,13-14,16-17H,8-12H2,1-2H3. The van der Waals surface area contributed by atoms with Crippen molar-refractivity contribution in [3.8, 4) is 0 Å². The van der Waals surface area contributed by atoms with Gasteiger partial charge in [0.05, 0.1) is 6.10 Å². The van der Waals surface area contributed by atoms with Crippen LogP contribution in [0.2, 0.25) is 0 Å². The zero-order valence-corrected chi connectivity index (χ0v) is 12.8. The molecule has 1 fully saturated rings. The van der Waals surface area contributed by atoms with Gasteiger partial charge in [-0.1, -0.05) is 32.0 Å². The van der Waals surface area contributed by atoms with Gasteiger partial charge < -0.3 is 10.1 Å². The molecular formula is C16H25NOS. The summed E-state index contributed by atoms with van der Waals surface area (Å²) < 4.78 is 5.80. The Bertz CT molecular complexity index is 355. The summed E-state index contributed by atoms with van der Waals surface area (Å²) in [5, 5.41) is 3.68. The van der Waals surface area contributed by atoms with Gasteiger partial charge in [0.2, 0.25) is 0 Å². The van der Waals surface area contributed by atoms with Gasteiger partial charge in [-0.25, -0.2) is 0 Å². The molecule has 0 bridgehead atoms. The van der Waals surface area contributed by atoms with Crippen molar-refractivity contribution < 1.29 is 4.74 Å². The minimum atomic E-state index is 0.438. The van der Waals surface area contributed by atoms with E-state index in [0.717, 1.165) is 31.7 Å². The van der Waals surface area contributed by atoms with E-state index in [1.165, 1.54) is 4.90 Å². The highest BCUT2D eigenvalue weighted by atomic mass is 32.2. The summed E-state index contributed by atoms with van der Waals surface area (Å²) in [5.41, 5.74) is 0. The van der Waals surface area contributed by atoms with E-state index in [0.29, 0.717) is 18.1 Å². The third-order valence-electron chi connectivity index (χ3n) is 3.61. The molecule has 0 amide bonds. The van der Waals surface area contributed by atoms with Gasteiger partial charge in [0.1, 0.15) is 0 Å². The van der Waals surface area contributed by atoms with Crippen LogP contribution in [0.1, 0.15) is 26.7 Å². The van der Waals surface area contributed by atoms with Crippen molar-refractivity contribution >= 4 is 11.8 Å². The van der Waals surface area contributed by atoms with Crippen molar-refractivity contribution in [2.24, 2.45) is 5.92 Å². The molecule has 106 valence electrons. The van der Waals surface area contributed by atoms with Crippen molar-refractivity contribution in [3.63, 3.8) is 0 Å². The summed E-state index contributed by atoms with van der Waals surface area (Å²) in [7, 11) is 0. The van der Waals surface area contributed by atoms with Crippen LogP contribution in [0.3, 0.4) is 0 Å². The van der Waals surface area contributed by atoms with Crippen molar-refractivity contribution in [3.05, 3.63) is 30.3 Å². The highest BCUT2D eigenvalue weighted by Crippen LogP contribution is 2.20. The van der Waals surface area contributed by atoms with E-state index in [2.05, 4.69) is 49.5 Å². The maximum atomic E-state index is 5.80. The van der Waals surface area contributed by atoms with Gasteiger partial charge >= 0.3 is 0 Å². The fourth-order valence-electron chi connectivity index (χ4n) is 2.43. The summed E-state index contributed by atoms with van der Waals surface area (Å²) in [6, 6.07) is 11.2. The van der Waals surface area contributed by atoms with E-state index in [4.69, 9.17) is 4.74 Å². The minimum absolute atomic E-state index is 0.438. The van der Waals surface area contributed by atoms with E-state index >= 15 is 0 Å². The molecule has 3 heteroatoms. The second-order valence-corrected chi connectivity index (χ2v) is 6.66. The average Bonchev–Trinajstić information content (AvgIpc) is 2.45. The van der Waals surface area contributed by atoms with E-state index in [1.54, 1.807) is 0 Å². The van der Waals surface area contributed by atoms with Gasteiger partial charge in [-0.2, -0.15) is 0 Å². The van der Waals surface area contributed by atoms with Crippen molar-refractivity contribution in [2.45, 2.75) is 43.7 Å². The van der Waals surface area contributed by atoms with Crippen LogP contribution >= 0.6 is 11.8 Å². The molecule has 1 N–H and O–H groups in total. The minimum Gasteiger partial charge on any atom is -0.378 e. The Morgan fingerprint density at radius 1 is 1.32 bits per heavy atom. The summed E-state index contributed by atoms with van der Waals surface area (Å²) >= 11 is 1.92. The first-order chi connectivity index (χ1) is 9.25. The number of ether oxygens (including phenoxy) is 1. The second kappa shape index (κ2) is 7.93. The number of hydrogen-bond donors (Lipinski definition) is 1. The lowest BCUT2D eigenvalue weighted by Crippen LogP contribution is -2.41. The highest BCUT2D eigenvalue weighted by molar-refractivity contribution is 7.99. The maximum Gasteiger partial charge on any atom is 0.0612 e. The van der Waals surface area contributed by atoms with Gasteiger partial charge in [0.15, 0.2) is 0 Å². The highest BCUT2D eigenvalue weighted by Gasteiger charge is 2.24. The average molecular weight is 279 g/mol. The van der Waals surface area contributed by atoms with Crippen LogP contribution in [0, 0.1) is 5.92 Å². The first kappa shape index (κ1) is 14.9. The molecule has 1 aromatic rings. The fraction of sp³-hybridized carbons (Fsp3) is 0.625. The molecule has 1 saturated heterocycles. The van der Waals surface area contributed by atoms with Crippen LogP contribution in [-0.2, 0) is 4.74 Å². The Hall–Kier alpha value is -0.510. The van der Waals surface area contributed by atoms with Crippen LogP contribution in [0.4, 0.5) is 0 Å². The third-order valence-corrected chi connectivity index (χ3v) is 4.62. The lowest BCUT2D eigenvalue weighted by Gasteiger charge is -2.32. The second-order valence-electron chi connectivity index (χ2n) is 5.49. The lowest BCUT2D eigenvalue weighted by molar-refractivity contribution is -0.0240. The molecule has 2 rings (SSSR count). The molecule has 2 atom stereocenters. The molecule has 2 nitrogen and oxygen atoms in total. The number of hydrogen-bond acceptors (Lipinski definition) is 3. The molecule has 1 aliphatic heterocycles. The van der Waals surface area contributed by atoms with Crippen LogP contribution in [0.5, 0.6) is 0 Å². The topological polar surface area (TPSA) is 21.3 Å². The first-order valence-corrected chi connectivity index (χ1v) is 8.27. The molecule has 1 aliphatic rings. The Labute approximate surface area is 121 Å². The summed E-state index contributed by atoms with van der Waals surface area (Å²) in [6.45, 7) is 6.48. The van der Waals surface area contributed by atoms with Crippen molar-refractivity contribution in [1.29, 1.82) is 0 Å². The van der Waals surface area contributed by atoms with E-state index in [-0.39, 0.29) is 0 Å². The van der Waals surface area contributed by atoms with E-state index in [9.17, 15) is 0 Å². The monoisotopic (exact) mass is 279 g/mol. The Kier molecular flexibility index (Phi) is 6.21. The van der Waals surface area contributed by atoms with Crippen LogP contribution in [0.25, 0.3) is 0 Å². The molecule has 0 spiro atoms. The zero-order valence-electron chi connectivity index (χ0n) is 12.0. The number of benzene rings is 1. The molecule has 2 unspecified atom stereocenters. The van der Waals surface area contributed by atoms with Gasteiger partial charge in [-0.3, -0.25) is 0 Å². The predicted octanol–water partition coefficient (Wildman–Crippen LogP) is 3.57. The Morgan fingerprint density at radius 2 is 2.11 bits per heavy atom. The molecule has 0 aromatic heterocycles. The zero-order chi connectivity index (χ0) is 13.5. The molecule has 19 heavy (non-hydrogen) atoms. The molecule has 1 heterocycles. The molecule has 1 aromatic carbocycles.